The van der Waals surface area contributed by atoms with Crippen molar-refractivity contribution in [1.29, 1.82) is 0 Å². The Morgan fingerprint density at radius 2 is 1.38 bits per heavy atom. The minimum absolute atomic E-state index is 0.0251. The average Bonchev–Trinajstić information content (AvgIpc) is 3.14. The number of nitrogens with zero attached hydrogens (tertiary/aromatic N) is 3. The van der Waals surface area contributed by atoms with Crippen molar-refractivity contribution in [2.45, 2.75) is 31.5 Å². The molecule has 0 aliphatic carbocycles. The lowest BCUT2D eigenvalue weighted by atomic mass is 9.99. The number of carbonyl (C=O) groups excluding carboxylic acids is 1. The molecule has 2 N–H and O–H groups in total. The summed E-state index contributed by atoms with van der Waals surface area (Å²) in [6.07, 6.45) is -1.01. The third kappa shape index (κ3) is 7.45. The van der Waals surface area contributed by atoms with Crippen molar-refractivity contribution in [2.75, 3.05) is 42.9 Å². The van der Waals surface area contributed by atoms with Crippen molar-refractivity contribution >= 4 is 23.0 Å². The molecule has 0 bridgehead atoms. The summed E-state index contributed by atoms with van der Waals surface area (Å²) in [5, 5.41) is 22.7. The third-order valence-corrected chi connectivity index (χ3v) is 8.75. The van der Waals surface area contributed by atoms with Crippen LogP contribution in [0, 0.1) is 39.2 Å². The summed E-state index contributed by atoms with van der Waals surface area (Å²) in [5.41, 5.74) is 1.51. The van der Waals surface area contributed by atoms with Gasteiger partial charge in [-0.15, -0.1) is 0 Å². The average molecular weight is 699 g/mol. The molecule has 4 aromatic rings. The molecule has 15 heteroatoms. The molecule has 10 nitrogen and oxygen atoms in total. The van der Waals surface area contributed by atoms with Crippen LogP contribution in [0.5, 0.6) is 0 Å². The van der Waals surface area contributed by atoms with Crippen LogP contribution in [0.4, 0.5) is 39.0 Å². The summed E-state index contributed by atoms with van der Waals surface area (Å²) < 4.78 is 81.8. The van der Waals surface area contributed by atoms with E-state index >= 15 is 0 Å². The molecule has 0 radical (unpaired) electrons. The topological polar surface area (TPSA) is 117 Å². The van der Waals surface area contributed by atoms with E-state index in [-0.39, 0.29) is 30.2 Å². The molecule has 2 fully saturated rings. The number of hydrogen-bond donors (Lipinski definition) is 2. The quantitative estimate of drug-likeness (QED) is 0.0678. The van der Waals surface area contributed by atoms with Crippen molar-refractivity contribution in [3.05, 3.63) is 134 Å². The lowest BCUT2D eigenvalue weighted by Crippen LogP contribution is -2.49. The number of ether oxygens (including phenoxy) is 2. The van der Waals surface area contributed by atoms with Crippen LogP contribution in [-0.2, 0) is 16.1 Å². The summed E-state index contributed by atoms with van der Waals surface area (Å²) in [5.74, 6) is -12.8. The van der Waals surface area contributed by atoms with E-state index in [2.05, 4.69) is 15.1 Å². The zero-order valence-electron chi connectivity index (χ0n) is 26.3. The van der Waals surface area contributed by atoms with Gasteiger partial charge < -0.3 is 24.8 Å². The number of piperazine rings is 1. The van der Waals surface area contributed by atoms with Crippen LogP contribution < -0.4 is 10.2 Å². The zero-order valence-corrected chi connectivity index (χ0v) is 26.3. The molecule has 2 saturated heterocycles. The molecular weight excluding hydrogens is 667 g/mol. The van der Waals surface area contributed by atoms with E-state index in [4.69, 9.17) is 9.47 Å². The molecule has 1 amide bonds. The number of amides is 1. The van der Waals surface area contributed by atoms with Crippen LogP contribution in [0.1, 0.15) is 45.9 Å². The van der Waals surface area contributed by atoms with Crippen LogP contribution in [0.2, 0.25) is 0 Å². The van der Waals surface area contributed by atoms with Crippen LogP contribution in [0.3, 0.4) is 0 Å². The summed E-state index contributed by atoms with van der Waals surface area (Å²) >= 11 is 0. The Hall–Kier alpha value is -4.96. The molecule has 4 aromatic carbocycles. The van der Waals surface area contributed by atoms with Crippen molar-refractivity contribution in [2.24, 2.45) is 0 Å². The number of aliphatic hydroxyl groups excluding tert-OH is 1. The second kappa shape index (κ2) is 14.9. The van der Waals surface area contributed by atoms with Crippen LogP contribution in [0.25, 0.3) is 0 Å². The molecule has 6 rings (SSSR count). The number of hydrogen-bond acceptors (Lipinski definition) is 8. The molecule has 262 valence electrons. The van der Waals surface area contributed by atoms with E-state index in [1.54, 1.807) is 36.4 Å². The summed E-state index contributed by atoms with van der Waals surface area (Å²) in [4.78, 5) is 27.5. The maximum Gasteiger partial charge on any atom is 0.269 e. The molecule has 2 aliphatic heterocycles. The standard InChI is InChI=1S/C35H31F5N4O6/c36-29-28(30(37)32(39)33(40)31(29)38)34(46)41-23-7-5-22(6-8-23)35-49-26(17-27(50-35)21-3-1-20(19-45)2-4-21)18-42-13-15-43(16-14-42)24-9-11-25(12-10-24)44(47)48/h1-12,26-27,35,45H,13-19H2,(H,41,46). The third-order valence-electron chi connectivity index (χ3n) is 8.75. The van der Waals surface area contributed by atoms with Gasteiger partial charge in [0.15, 0.2) is 29.6 Å². The molecule has 2 heterocycles. The molecular formula is C35H31F5N4O6. The molecule has 2 aliphatic rings. The number of aliphatic hydroxyl groups is 1. The first kappa shape index (κ1) is 34.9. The van der Waals surface area contributed by atoms with Crippen molar-refractivity contribution in [1.82, 2.24) is 4.90 Å². The summed E-state index contributed by atoms with van der Waals surface area (Å²) in [6.45, 7) is 3.31. The van der Waals surface area contributed by atoms with E-state index in [1.807, 2.05) is 12.1 Å². The summed E-state index contributed by atoms with van der Waals surface area (Å²) in [6, 6.07) is 19.7. The Labute approximate surface area is 282 Å². The van der Waals surface area contributed by atoms with Gasteiger partial charge in [-0.3, -0.25) is 19.8 Å². The van der Waals surface area contributed by atoms with E-state index in [1.165, 1.54) is 24.3 Å². The normalized spacial score (nSPS) is 19.7. The molecule has 3 unspecified atom stereocenters. The number of non-ortho nitro benzene ring substituents is 1. The Kier molecular flexibility index (Phi) is 10.4. The Bertz CT molecular complexity index is 1830. The second-order valence-corrected chi connectivity index (χ2v) is 11.9. The van der Waals surface area contributed by atoms with Gasteiger partial charge in [0.2, 0.25) is 5.82 Å². The SMILES string of the molecule is O=C(Nc1ccc(C2OC(CN3CCN(c4ccc([N+](=O)[O-])cc4)CC3)CC(c3ccc(CO)cc3)O2)cc1)c1c(F)c(F)c(F)c(F)c1F. The van der Waals surface area contributed by atoms with Gasteiger partial charge in [-0.1, -0.05) is 36.4 Å². The Morgan fingerprint density at radius 1 is 0.800 bits per heavy atom. The fourth-order valence-corrected chi connectivity index (χ4v) is 6.02. The number of nitro groups is 1. The van der Waals surface area contributed by atoms with E-state index in [0.717, 1.165) is 29.9 Å². The number of rotatable bonds is 9. The highest BCUT2D eigenvalue weighted by atomic mass is 19.2. The van der Waals surface area contributed by atoms with Gasteiger partial charge in [-0.25, -0.2) is 22.0 Å². The largest absolute Gasteiger partial charge is 0.392 e. The van der Waals surface area contributed by atoms with Gasteiger partial charge in [0.1, 0.15) is 5.56 Å². The van der Waals surface area contributed by atoms with Crippen molar-refractivity contribution in [3.8, 4) is 0 Å². The molecule has 0 spiro atoms. The van der Waals surface area contributed by atoms with E-state index in [0.29, 0.717) is 31.6 Å². The zero-order chi connectivity index (χ0) is 35.5. The van der Waals surface area contributed by atoms with Crippen LogP contribution in [-0.4, -0.2) is 59.7 Å². The highest BCUT2D eigenvalue weighted by Gasteiger charge is 2.34. The van der Waals surface area contributed by atoms with E-state index < -0.39 is 51.8 Å². The second-order valence-electron chi connectivity index (χ2n) is 11.9. The highest BCUT2D eigenvalue weighted by Crippen LogP contribution is 2.38. The van der Waals surface area contributed by atoms with Gasteiger partial charge in [-0.2, -0.15) is 0 Å². The molecule has 0 aromatic heterocycles. The maximum atomic E-state index is 14.2. The van der Waals surface area contributed by atoms with Crippen LogP contribution in [0.15, 0.2) is 72.8 Å². The van der Waals surface area contributed by atoms with Crippen molar-refractivity contribution in [3.63, 3.8) is 0 Å². The fraction of sp³-hybridized carbons (Fsp3) is 0.286. The Morgan fingerprint density at radius 3 is 1.96 bits per heavy atom. The van der Waals surface area contributed by atoms with Gasteiger partial charge >= 0.3 is 0 Å². The van der Waals surface area contributed by atoms with Gasteiger partial charge in [-0.05, 0) is 35.4 Å². The number of halogens is 5. The first-order chi connectivity index (χ1) is 24.0. The highest BCUT2D eigenvalue weighted by molar-refractivity contribution is 6.04. The minimum atomic E-state index is -2.36. The monoisotopic (exact) mass is 698 g/mol. The predicted octanol–water partition coefficient (Wildman–Crippen LogP) is 6.40. The van der Waals surface area contributed by atoms with Gasteiger partial charge in [0, 0.05) is 68.2 Å². The van der Waals surface area contributed by atoms with Crippen molar-refractivity contribution < 1.29 is 46.3 Å². The first-order valence-corrected chi connectivity index (χ1v) is 15.7. The Balaban J connectivity index is 1.15. The number of anilines is 2. The van der Waals surface area contributed by atoms with Gasteiger partial charge in [0.25, 0.3) is 11.6 Å². The molecule has 0 saturated carbocycles. The summed E-state index contributed by atoms with van der Waals surface area (Å²) in [7, 11) is 0. The fourth-order valence-electron chi connectivity index (χ4n) is 6.02. The molecule has 3 atom stereocenters. The van der Waals surface area contributed by atoms with Gasteiger partial charge in [0.05, 0.1) is 23.7 Å². The first-order valence-electron chi connectivity index (χ1n) is 15.7. The number of nitrogens with one attached hydrogen (secondary N) is 1. The molecule has 50 heavy (non-hydrogen) atoms. The lowest BCUT2D eigenvalue weighted by Gasteiger charge is -2.41. The lowest BCUT2D eigenvalue weighted by molar-refractivity contribution is -0.384. The smallest absolute Gasteiger partial charge is 0.269 e. The number of carbonyl (C=O) groups is 1. The number of nitro benzene ring substituents is 1. The predicted molar refractivity (Wildman–Crippen MR) is 171 cm³/mol. The number of benzene rings is 4. The minimum Gasteiger partial charge on any atom is -0.392 e. The van der Waals surface area contributed by atoms with E-state index in [9.17, 15) is 42.0 Å². The van der Waals surface area contributed by atoms with Crippen LogP contribution >= 0.6 is 0 Å². The maximum absolute atomic E-state index is 14.2.